The zero-order valence-corrected chi connectivity index (χ0v) is 14.7. The van der Waals surface area contributed by atoms with Crippen molar-refractivity contribution in [3.05, 3.63) is 96.2 Å². The molecular weight excluding hydrogens is 332 g/mol. The Kier molecular flexibility index (Phi) is 4.70. The van der Waals surface area contributed by atoms with Crippen LogP contribution in [0.4, 0.5) is 5.69 Å². The summed E-state index contributed by atoms with van der Waals surface area (Å²) in [5, 5.41) is 12.1. The van der Waals surface area contributed by atoms with Gasteiger partial charge in [0, 0.05) is 16.8 Å². The van der Waals surface area contributed by atoms with Gasteiger partial charge in [0.1, 0.15) is 5.69 Å². The highest BCUT2D eigenvalue weighted by atomic mass is 15.3. The molecule has 4 nitrogen and oxygen atoms in total. The second-order valence-corrected chi connectivity index (χ2v) is 6.11. The van der Waals surface area contributed by atoms with Crippen LogP contribution in [0.3, 0.4) is 0 Å². The van der Waals surface area contributed by atoms with E-state index in [-0.39, 0.29) is 0 Å². The van der Waals surface area contributed by atoms with Crippen LogP contribution in [0.15, 0.2) is 85.1 Å². The predicted octanol–water partition coefficient (Wildman–Crippen LogP) is 4.96. The number of rotatable bonds is 4. The van der Waals surface area contributed by atoms with Crippen molar-refractivity contribution in [1.29, 1.82) is 0 Å². The Labute approximate surface area is 158 Å². The number of para-hydroxylation sites is 1. The lowest BCUT2D eigenvalue weighted by molar-refractivity contribution is 0.873. The molecule has 0 aliphatic heterocycles. The summed E-state index contributed by atoms with van der Waals surface area (Å²) in [5.41, 5.74) is 12.7. The number of nitrogens with zero attached hydrogens (tertiary/aromatic N) is 3. The van der Waals surface area contributed by atoms with E-state index >= 15 is 0 Å². The van der Waals surface area contributed by atoms with Crippen LogP contribution in [0, 0.1) is 0 Å². The van der Waals surface area contributed by atoms with Gasteiger partial charge in [0.25, 0.3) is 0 Å². The van der Waals surface area contributed by atoms with E-state index in [1.807, 2.05) is 78.9 Å². The first-order valence-electron chi connectivity index (χ1n) is 8.69. The van der Waals surface area contributed by atoms with Crippen molar-refractivity contribution < 1.29 is 0 Å². The molecule has 3 aromatic carbocycles. The monoisotopic (exact) mass is 350 g/mol. The van der Waals surface area contributed by atoms with E-state index in [4.69, 9.17) is 5.73 Å². The lowest BCUT2D eigenvalue weighted by atomic mass is 9.97. The zero-order valence-electron chi connectivity index (χ0n) is 14.7. The lowest BCUT2D eigenvalue weighted by Gasteiger charge is -2.11. The molecule has 0 fully saturated rings. The molecule has 1 aromatic heterocycles. The van der Waals surface area contributed by atoms with Crippen molar-refractivity contribution in [3.8, 4) is 22.4 Å². The molecule has 4 heteroatoms. The minimum absolute atomic E-state index is 0.669. The molecule has 0 aliphatic rings. The molecule has 0 bridgehead atoms. The molecule has 1 heterocycles. The van der Waals surface area contributed by atoms with Gasteiger partial charge < -0.3 is 5.73 Å². The van der Waals surface area contributed by atoms with Gasteiger partial charge in [-0.25, -0.2) is 0 Å². The number of hydrogen-bond donors (Lipinski definition) is 1. The van der Waals surface area contributed by atoms with Gasteiger partial charge >= 0.3 is 0 Å². The zero-order chi connectivity index (χ0) is 18.5. The Bertz CT molecular complexity index is 1070. The number of hydrogen-bond acceptors (Lipinski definition) is 4. The molecule has 2 N–H and O–H groups in total. The summed E-state index contributed by atoms with van der Waals surface area (Å²) in [7, 11) is 0. The van der Waals surface area contributed by atoms with E-state index in [1.165, 1.54) is 0 Å². The highest BCUT2D eigenvalue weighted by Gasteiger charge is 2.13. The fourth-order valence-corrected chi connectivity index (χ4v) is 2.98. The van der Waals surface area contributed by atoms with Gasteiger partial charge in [-0.05, 0) is 21.9 Å². The molecule has 4 rings (SSSR count). The Balaban J connectivity index is 1.77. The van der Waals surface area contributed by atoms with Crippen molar-refractivity contribution in [2.75, 3.05) is 5.73 Å². The Morgan fingerprint density at radius 3 is 2.22 bits per heavy atom. The second kappa shape index (κ2) is 7.62. The summed E-state index contributed by atoms with van der Waals surface area (Å²) in [4.78, 5) is 0. The van der Waals surface area contributed by atoms with Gasteiger partial charge in [0.2, 0.25) is 0 Å². The molecule has 0 radical (unpaired) electrons. The van der Waals surface area contributed by atoms with Crippen molar-refractivity contribution in [1.82, 2.24) is 15.4 Å². The van der Waals surface area contributed by atoms with Crippen LogP contribution in [0.25, 0.3) is 34.5 Å². The number of anilines is 1. The molecule has 4 aromatic rings. The van der Waals surface area contributed by atoms with Gasteiger partial charge in [-0.15, -0.1) is 10.2 Å². The molecular formula is C23H18N4. The highest BCUT2D eigenvalue weighted by Crippen LogP contribution is 2.34. The molecule has 0 saturated carbocycles. The third-order valence-corrected chi connectivity index (χ3v) is 4.37. The van der Waals surface area contributed by atoms with E-state index in [9.17, 15) is 0 Å². The van der Waals surface area contributed by atoms with Gasteiger partial charge in [0.15, 0.2) is 0 Å². The van der Waals surface area contributed by atoms with Gasteiger partial charge in [-0.3, -0.25) is 0 Å². The highest BCUT2D eigenvalue weighted by molar-refractivity contribution is 5.90. The van der Waals surface area contributed by atoms with Gasteiger partial charge in [-0.2, -0.15) is 0 Å². The van der Waals surface area contributed by atoms with Crippen LogP contribution < -0.4 is 5.73 Å². The number of aromatic nitrogens is 3. The topological polar surface area (TPSA) is 64.7 Å². The summed E-state index contributed by atoms with van der Waals surface area (Å²) in [6, 6.07) is 26.1. The van der Waals surface area contributed by atoms with Crippen molar-refractivity contribution in [3.63, 3.8) is 0 Å². The van der Waals surface area contributed by atoms with E-state index in [1.54, 1.807) is 6.20 Å². The fourth-order valence-electron chi connectivity index (χ4n) is 2.98. The number of nitrogens with two attached hydrogens (primary N) is 1. The smallest absolute Gasteiger partial charge is 0.106 e. The average Bonchev–Trinajstić information content (AvgIpc) is 2.74. The Hall–Kier alpha value is -3.79. The third kappa shape index (κ3) is 3.60. The van der Waals surface area contributed by atoms with Crippen molar-refractivity contribution >= 4 is 17.8 Å². The Morgan fingerprint density at radius 2 is 1.44 bits per heavy atom. The Morgan fingerprint density at radius 1 is 0.704 bits per heavy atom. The molecule has 0 atom stereocenters. The van der Waals surface area contributed by atoms with Gasteiger partial charge in [0.05, 0.1) is 6.20 Å². The molecule has 130 valence electrons. The third-order valence-electron chi connectivity index (χ3n) is 4.37. The first kappa shape index (κ1) is 16.7. The largest absolute Gasteiger partial charge is 0.398 e. The van der Waals surface area contributed by atoms with Crippen LogP contribution in [-0.4, -0.2) is 15.4 Å². The SMILES string of the molecule is Nc1c(C=Cc2ccccc2)cccc1-c1nnncc1-c1ccccc1. The van der Waals surface area contributed by atoms with E-state index in [0.29, 0.717) is 5.69 Å². The standard InChI is InChI=1S/C23H18N4/c24-22-19(15-14-17-8-3-1-4-9-17)12-7-13-20(22)23-21(16-25-27-26-23)18-10-5-2-6-11-18/h1-16H,24H2. The van der Waals surface area contributed by atoms with Gasteiger partial charge in [-0.1, -0.05) is 91.0 Å². The first-order chi connectivity index (χ1) is 13.3. The maximum absolute atomic E-state index is 6.49. The summed E-state index contributed by atoms with van der Waals surface area (Å²) in [5.74, 6) is 0. The molecule has 0 spiro atoms. The lowest BCUT2D eigenvalue weighted by Crippen LogP contribution is -1.99. The second-order valence-electron chi connectivity index (χ2n) is 6.11. The van der Waals surface area contributed by atoms with Crippen LogP contribution in [0.1, 0.15) is 11.1 Å². The summed E-state index contributed by atoms with van der Waals surface area (Å²) >= 11 is 0. The van der Waals surface area contributed by atoms with Crippen LogP contribution in [0.2, 0.25) is 0 Å². The summed E-state index contributed by atoms with van der Waals surface area (Å²) in [6.45, 7) is 0. The first-order valence-corrected chi connectivity index (χ1v) is 8.69. The number of benzene rings is 3. The average molecular weight is 350 g/mol. The molecule has 0 saturated heterocycles. The van der Waals surface area contributed by atoms with E-state index in [2.05, 4.69) is 27.5 Å². The van der Waals surface area contributed by atoms with E-state index in [0.717, 1.165) is 33.5 Å². The predicted molar refractivity (Wildman–Crippen MR) is 110 cm³/mol. The molecule has 27 heavy (non-hydrogen) atoms. The minimum Gasteiger partial charge on any atom is -0.398 e. The normalized spacial score (nSPS) is 11.0. The van der Waals surface area contributed by atoms with Crippen molar-refractivity contribution in [2.24, 2.45) is 0 Å². The number of nitrogen functional groups attached to an aromatic ring is 1. The van der Waals surface area contributed by atoms with Crippen LogP contribution in [0.5, 0.6) is 0 Å². The molecule has 0 aliphatic carbocycles. The van der Waals surface area contributed by atoms with Crippen molar-refractivity contribution in [2.45, 2.75) is 0 Å². The maximum Gasteiger partial charge on any atom is 0.106 e. The van der Waals surface area contributed by atoms with Crippen LogP contribution >= 0.6 is 0 Å². The summed E-state index contributed by atoms with van der Waals surface area (Å²) < 4.78 is 0. The molecule has 0 amide bonds. The minimum atomic E-state index is 0.669. The summed E-state index contributed by atoms with van der Waals surface area (Å²) in [6.07, 6.45) is 5.79. The van der Waals surface area contributed by atoms with E-state index < -0.39 is 0 Å². The maximum atomic E-state index is 6.49. The molecule has 0 unspecified atom stereocenters. The fraction of sp³-hybridized carbons (Fsp3) is 0. The quantitative estimate of drug-likeness (QED) is 0.417. The van der Waals surface area contributed by atoms with Crippen LogP contribution in [-0.2, 0) is 0 Å².